The Hall–Kier alpha value is -2.33. The van der Waals surface area contributed by atoms with Gasteiger partial charge in [0.15, 0.2) is 14.6 Å². The maximum Gasteiger partial charge on any atom is 0.295 e. The van der Waals surface area contributed by atoms with Crippen molar-refractivity contribution in [3.8, 4) is 0 Å². The second-order valence-corrected chi connectivity index (χ2v) is 9.91. The second-order valence-electron chi connectivity index (χ2n) is 6.67. The van der Waals surface area contributed by atoms with Gasteiger partial charge in [0.1, 0.15) is 5.71 Å². The van der Waals surface area contributed by atoms with Crippen molar-refractivity contribution < 1.29 is 18.0 Å². The number of benzene rings is 1. The van der Waals surface area contributed by atoms with E-state index in [1.54, 1.807) is 0 Å². The lowest BCUT2D eigenvalue weighted by Crippen LogP contribution is -2.41. The van der Waals surface area contributed by atoms with Gasteiger partial charge in [-0.05, 0) is 18.6 Å². The van der Waals surface area contributed by atoms with Gasteiger partial charge in [-0.1, -0.05) is 23.5 Å². The molecule has 3 heterocycles. The number of rotatable bonds is 2. The normalized spacial score (nSPS) is 23.1. The van der Waals surface area contributed by atoms with Crippen molar-refractivity contribution in [3.05, 3.63) is 29.1 Å². The molecule has 0 bridgehead atoms. The molecule has 0 spiro atoms. The molecule has 1 atom stereocenters. The maximum absolute atomic E-state index is 12.6. The summed E-state index contributed by atoms with van der Waals surface area (Å²) in [6.07, 6.45) is 0.697. The summed E-state index contributed by atoms with van der Waals surface area (Å²) in [6, 6.07) is 7.27. The van der Waals surface area contributed by atoms with E-state index in [-0.39, 0.29) is 36.0 Å². The minimum atomic E-state index is -3.15. The number of aryl methyl sites for hydroxylation is 1. The predicted octanol–water partition coefficient (Wildman–Crippen LogP) is 0.833. The van der Waals surface area contributed by atoms with Gasteiger partial charge in [0.05, 0.1) is 27.8 Å². The Kier molecular flexibility index (Phi) is 4.47. The van der Waals surface area contributed by atoms with Crippen LogP contribution in [0.2, 0.25) is 0 Å². The van der Waals surface area contributed by atoms with E-state index in [0.717, 1.165) is 10.2 Å². The quantitative estimate of drug-likeness (QED) is 0.737. The topological polar surface area (TPSA) is 101 Å². The van der Waals surface area contributed by atoms with Crippen molar-refractivity contribution in [1.82, 2.24) is 9.58 Å². The Balaban J connectivity index is 1.65. The highest BCUT2D eigenvalue weighted by Gasteiger charge is 2.37. The monoisotopic (exact) mass is 406 g/mol. The van der Waals surface area contributed by atoms with Crippen molar-refractivity contribution in [1.29, 1.82) is 0 Å². The number of thiazole rings is 1. The number of nitrogens with zero attached hydrogens (tertiary/aromatic N) is 4. The molecule has 1 aromatic carbocycles. The third kappa shape index (κ3) is 3.46. The lowest BCUT2D eigenvalue weighted by molar-refractivity contribution is -0.133. The van der Waals surface area contributed by atoms with E-state index in [2.05, 4.69) is 10.1 Å². The van der Waals surface area contributed by atoms with Crippen LogP contribution in [0.5, 0.6) is 0 Å². The zero-order valence-corrected chi connectivity index (χ0v) is 16.3. The highest BCUT2D eigenvalue weighted by molar-refractivity contribution is 7.91. The molecule has 2 amide bonds. The van der Waals surface area contributed by atoms with Crippen LogP contribution in [-0.4, -0.2) is 53.1 Å². The maximum atomic E-state index is 12.6. The third-order valence-corrected chi connectivity index (χ3v) is 7.64. The molecule has 1 fully saturated rings. The number of sulfone groups is 1. The van der Waals surface area contributed by atoms with E-state index >= 15 is 0 Å². The zero-order chi connectivity index (χ0) is 19.2. The van der Waals surface area contributed by atoms with Crippen molar-refractivity contribution in [2.45, 2.75) is 25.3 Å². The number of fused-ring (bicyclic) bond motifs is 1. The van der Waals surface area contributed by atoms with E-state index in [1.807, 2.05) is 35.9 Å². The van der Waals surface area contributed by atoms with Gasteiger partial charge in [-0.3, -0.25) is 9.59 Å². The second kappa shape index (κ2) is 6.68. The third-order valence-electron chi connectivity index (χ3n) is 4.77. The molecule has 0 radical (unpaired) electrons. The SMILES string of the molecule is Cn1c(=NC(=O)C2=NN(C3CCS(=O)(=O)C3)C(=O)CC2)sc2ccccc21. The van der Waals surface area contributed by atoms with Gasteiger partial charge in [0.2, 0.25) is 5.91 Å². The van der Waals surface area contributed by atoms with E-state index in [0.29, 0.717) is 11.2 Å². The summed E-state index contributed by atoms with van der Waals surface area (Å²) < 4.78 is 26.3. The van der Waals surface area contributed by atoms with Gasteiger partial charge in [-0.15, -0.1) is 0 Å². The molecule has 0 N–H and O–H groups in total. The largest absolute Gasteiger partial charge is 0.319 e. The molecule has 1 saturated heterocycles. The van der Waals surface area contributed by atoms with E-state index in [4.69, 9.17) is 0 Å². The van der Waals surface area contributed by atoms with Crippen LogP contribution in [0.1, 0.15) is 19.3 Å². The number of aromatic nitrogens is 1. The van der Waals surface area contributed by atoms with Gasteiger partial charge in [0, 0.05) is 19.9 Å². The molecule has 0 saturated carbocycles. The predicted molar refractivity (Wildman–Crippen MR) is 102 cm³/mol. The van der Waals surface area contributed by atoms with Gasteiger partial charge < -0.3 is 4.57 Å². The molecule has 1 unspecified atom stereocenters. The Morgan fingerprint density at radius 2 is 2.07 bits per heavy atom. The summed E-state index contributed by atoms with van der Waals surface area (Å²) in [5.74, 6) is -0.800. The summed E-state index contributed by atoms with van der Waals surface area (Å²) in [4.78, 5) is 29.5. The molecule has 8 nitrogen and oxygen atoms in total. The Morgan fingerprint density at radius 3 is 2.78 bits per heavy atom. The summed E-state index contributed by atoms with van der Waals surface area (Å²) in [5, 5.41) is 5.36. The van der Waals surface area contributed by atoms with Crippen molar-refractivity contribution in [2.75, 3.05) is 11.5 Å². The molecule has 10 heteroatoms. The van der Waals surface area contributed by atoms with Crippen LogP contribution in [0.15, 0.2) is 34.4 Å². The summed E-state index contributed by atoms with van der Waals surface area (Å²) in [7, 11) is -1.31. The molecular weight excluding hydrogens is 388 g/mol. The average molecular weight is 406 g/mol. The zero-order valence-electron chi connectivity index (χ0n) is 14.7. The molecular formula is C17H18N4O4S2. The fourth-order valence-electron chi connectivity index (χ4n) is 3.32. The molecule has 142 valence electrons. The lowest BCUT2D eigenvalue weighted by Gasteiger charge is -2.27. The molecule has 2 aromatic rings. The minimum Gasteiger partial charge on any atom is -0.319 e. The van der Waals surface area contributed by atoms with E-state index in [9.17, 15) is 18.0 Å². The van der Waals surface area contributed by atoms with Crippen LogP contribution in [0.25, 0.3) is 10.2 Å². The van der Waals surface area contributed by atoms with E-state index < -0.39 is 21.8 Å². The Bertz CT molecular complexity index is 1140. The molecule has 27 heavy (non-hydrogen) atoms. The number of carbonyl (C=O) groups excluding carboxylic acids is 2. The fourth-order valence-corrected chi connectivity index (χ4v) is 6.03. The number of para-hydroxylation sites is 1. The van der Waals surface area contributed by atoms with Crippen LogP contribution in [0.3, 0.4) is 0 Å². The number of carbonyl (C=O) groups is 2. The lowest BCUT2D eigenvalue weighted by atomic mass is 10.1. The Labute approximate surface area is 159 Å². The van der Waals surface area contributed by atoms with E-state index in [1.165, 1.54) is 16.3 Å². The summed E-state index contributed by atoms with van der Waals surface area (Å²) in [6.45, 7) is 0. The molecule has 0 aliphatic carbocycles. The van der Waals surface area contributed by atoms with Gasteiger partial charge in [-0.25, -0.2) is 13.4 Å². The van der Waals surface area contributed by atoms with Crippen molar-refractivity contribution in [3.63, 3.8) is 0 Å². The standard InChI is InChI=1S/C17H18N4O4S2/c1-20-13-4-2-3-5-14(13)26-17(20)18-16(23)12-6-7-15(22)21(19-12)11-8-9-27(24,25)10-11/h2-5,11H,6-10H2,1H3. The van der Waals surface area contributed by atoms with Crippen LogP contribution in [0, 0.1) is 0 Å². The van der Waals surface area contributed by atoms with Gasteiger partial charge >= 0.3 is 0 Å². The fraction of sp³-hybridized carbons (Fsp3) is 0.412. The first kappa shape index (κ1) is 18.1. The van der Waals surface area contributed by atoms with Gasteiger partial charge in [-0.2, -0.15) is 10.1 Å². The first-order chi connectivity index (χ1) is 12.8. The summed E-state index contributed by atoms with van der Waals surface area (Å²) >= 11 is 1.40. The summed E-state index contributed by atoms with van der Waals surface area (Å²) in [5.41, 5.74) is 1.17. The average Bonchev–Trinajstić information content (AvgIpc) is 3.15. The van der Waals surface area contributed by atoms with Crippen LogP contribution < -0.4 is 4.80 Å². The number of hydrazone groups is 1. The minimum absolute atomic E-state index is 0.0439. The number of amides is 2. The Morgan fingerprint density at radius 1 is 1.30 bits per heavy atom. The first-order valence-corrected chi connectivity index (χ1v) is 11.2. The highest BCUT2D eigenvalue weighted by Crippen LogP contribution is 2.22. The van der Waals surface area contributed by atoms with Crippen LogP contribution in [-0.2, 0) is 26.5 Å². The number of hydrogen-bond acceptors (Lipinski definition) is 6. The van der Waals surface area contributed by atoms with Crippen molar-refractivity contribution in [2.24, 2.45) is 17.1 Å². The van der Waals surface area contributed by atoms with Crippen molar-refractivity contribution >= 4 is 48.9 Å². The first-order valence-electron chi connectivity index (χ1n) is 8.58. The van der Waals surface area contributed by atoms with Crippen LogP contribution in [0.4, 0.5) is 0 Å². The molecule has 1 aromatic heterocycles. The van der Waals surface area contributed by atoms with Crippen LogP contribution >= 0.6 is 11.3 Å². The highest BCUT2D eigenvalue weighted by atomic mass is 32.2. The molecule has 2 aliphatic rings. The number of hydrogen-bond donors (Lipinski definition) is 0. The van der Waals surface area contributed by atoms with Gasteiger partial charge in [0.25, 0.3) is 5.91 Å². The molecule has 4 rings (SSSR count). The molecule has 2 aliphatic heterocycles. The smallest absolute Gasteiger partial charge is 0.295 e.